The number of anilines is 1. The molecule has 0 saturated carbocycles. The first-order chi connectivity index (χ1) is 11.5. The summed E-state index contributed by atoms with van der Waals surface area (Å²) in [6, 6.07) is 12.5. The van der Waals surface area contributed by atoms with Gasteiger partial charge in [-0.05, 0) is 42.5 Å². The number of carbonyl (C=O) groups is 2. The molecule has 0 unspecified atom stereocenters. The standard InChI is InChI=1S/C19H18BrNO3/c1-3-19(23)21-16-6-4-5-13(12-16)17(22)9-7-14-11-15(20)8-10-18(14)24-2/h4-12H,3H2,1-2H3,(H,21,23). The van der Waals surface area contributed by atoms with Gasteiger partial charge >= 0.3 is 0 Å². The average Bonchev–Trinajstić information content (AvgIpc) is 2.59. The summed E-state index contributed by atoms with van der Waals surface area (Å²) in [5.74, 6) is 0.449. The minimum Gasteiger partial charge on any atom is -0.496 e. The van der Waals surface area contributed by atoms with Crippen molar-refractivity contribution in [1.82, 2.24) is 0 Å². The summed E-state index contributed by atoms with van der Waals surface area (Å²) in [6.07, 6.45) is 3.59. The minimum atomic E-state index is -0.148. The number of allylic oxidation sites excluding steroid dienone is 1. The monoisotopic (exact) mass is 387 g/mol. The van der Waals surface area contributed by atoms with Crippen LogP contribution in [0.25, 0.3) is 6.08 Å². The van der Waals surface area contributed by atoms with E-state index in [0.717, 1.165) is 10.0 Å². The van der Waals surface area contributed by atoms with Gasteiger partial charge in [0.2, 0.25) is 5.91 Å². The number of methoxy groups -OCH3 is 1. The second-order valence-electron chi connectivity index (χ2n) is 5.07. The van der Waals surface area contributed by atoms with Crippen molar-refractivity contribution in [2.45, 2.75) is 13.3 Å². The van der Waals surface area contributed by atoms with Crippen LogP contribution in [0.15, 0.2) is 53.0 Å². The fourth-order valence-electron chi connectivity index (χ4n) is 2.10. The Morgan fingerprint density at radius 1 is 1.21 bits per heavy atom. The molecule has 1 N–H and O–H groups in total. The van der Waals surface area contributed by atoms with Crippen LogP contribution in [0.1, 0.15) is 29.3 Å². The van der Waals surface area contributed by atoms with Gasteiger partial charge in [0.15, 0.2) is 5.78 Å². The third kappa shape index (κ3) is 4.80. The lowest BCUT2D eigenvalue weighted by Gasteiger charge is -2.06. The van der Waals surface area contributed by atoms with Crippen LogP contribution in [0.2, 0.25) is 0 Å². The highest BCUT2D eigenvalue weighted by molar-refractivity contribution is 9.10. The van der Waals surface area contributed by atoms with Crippen LogP contribution in [0.4, 0.5) is 5.69 Å². The van der Waals surface area contributed by atoms with Crippen LogP contribution in [0, 0.1) is 0 Å². The van der Waals surface area contributed by atoms with E-state index in [9.17, 15) is 9.59 Å². The molecule has 0 saturated heterocycles. The van der Waals surface area contributed by atoms with Crippen LogP contribution in [-0.4, -0.2) is 18.8 Å². The smallest absolute Gasteiger partial charge is 0.224 e. The Balaban J connectivity index is 2.19. The summed E-state index contributed by atoms with van der Waals surface area (Å²) in [5, 5.41) is 2.74. The molecule has 5 heteroatoms. The third-order valence-corrected chi connectivity index (χ3v) is 3.85. The maximum absolute atomic E-state index is 12.4. The SMILES string of the molecule is CCC(=O)Nc1cccc(C(=O)C=Cc2cc(Br)ccc2OC)c1. The maximum atomic E-state index is 12.4. The number of rotatable bonds is 6. The molecule has 0 aromatic heterocycles. The molecule has 2 rings (SSSR count). The molecule has 0 fully saturated rings. The molecule has 0 radical (unpaired) electrons. The van der Waals surface area contributed by atoms with E-state index < -0.39 is 0 Å². The molecule has 0 aliphatic heterocycles. The van der Waals surface area contributed by atoms with Gasteiger partial charge in [0.05, 0.1) is 7.11 Å². The first kappa shape index (κ1) is 17.9. The molecule has 4 nitrogen and oxygen atoms in total. The Morgan fingerprint density at radius 2 is 2.00 bits per heavy atom. The lowest BCUT2D eigenvalue weighted by Crippen LogP contribution is -2.09. The van der Waals surface area contributed by atoms with E-state index in [1.165, 1.54) is 6.08 Å². The number of halogens is 1. The molecule has 0 aliphatic carbocycles. The van der Waals surface area contributed by atoms with E-state index >= 15 is 0 Å². The molecule has 124 valence electrons. The molecule has 0 aliphatic rings. The van der Waals surface area contributed by atoms with Gasteiger partial charge in [0.25, 0.3) is 0 Å². The highest BCUT2D eigenvalue weighted by Crippen LogP contribution is 2.24. The summed E-state index contributed by atoms with van der Waals surface area (Å²) >= 11 is 3.40. The molecule has 1 amide bonds. The van der Waals surface area contributed by atoms with Crippen molar-refractivity contribution in [3.8, 4) is 5.75 Å². The first-order valence-electron chi connectivity index (χ1n) is 7.49. The summed E-state index contributed by atoms with van der Waals surface area (Å²) in [5.41, 5.74) is 1.92. The first-order valence-corrected chi connectivity index (χ1v) is 8.28. The van der Waals surface area contributed by atoms with E-state index in [1.54, 1.807) is 44.4 Å². The molecule has 2 aromatic carbocycles. The lowest BCUT2D eigenvalue weighted by atomic mass is 10.1. The topological polar surface area (TPSA) is 55.4 Å². The van der Waals surface area contributed by atoms with Crippen LogP contribution >= 0.6 is 15.9 Å². The number of hydrogen-bond acceptors (Lipinski definition) is 3. The third-order valence-electron chi connectivity index (χ3n) is 3.36. The molecular formula is C19H18BrNO3. The van der Waals surface area contributed by atoms with E-state index in [1.807, 2.05) is 18.2 Å². The Labute approximate surface area is 149 Å². The molecule has 24 heavy (non-hydrogen) atoms. The number of amides is 1. The number of benzene rings is 2. The van der Waals surface area contributed by atoms with Gasteiger partial charge in [-0.1, -0.05) is 35.0 Å². The Morgan fingerprint density at radius 3 is 2.71 bits per heavy atom. The van der Waals surface area contributed by atoms with Crippen molar-refractivity contribution in [2.75, 3.05) is 12.4 Å². The van der Waals surface area contributed by atoms with Gasteiger partial charge in [0, 0.05) is 27.7 Å². The second-order valence-corrected chi connectivity index (χ2v) is 5.98. The summed E-state index contributed by atoms with van der Waals surface area (Å²) < 4.78 is 6.19. The minimum absolute atomic E-state index is 0.0889. The van der Waals surface area contributed by atoms with Crippen LogP contribution in [0.3, 0.4) is 0 Å². The van der Waals surface area contributed by atoms with E-state index in [2.05, 4.69) is 21.2 Å². The summed E-state index contributed by atoms with van der Waals surface area (Å²) in [6.45, 7) is 1.78. The fraction of sp³-hybridized carbons (Fsp3) is 0.158. The van der Waals surface area contributed by atoms with Crippen LogP contribution < -0.4 is 10.1 Å². The van der Waals surface area contributed by atoms with Crippen molar-refractivity contribution in [1.29, 1.82) is 0 Å². The normalized spacial score (nSPS) is 10.6. The highest BCUT2D eigenvalue weighted by Gasteiger charge is 2.06. The van der Waals surface area contributed by atoms with E-state index in [0.29, 0.717) is 23.4 Å². The Kier molecular flexibility index (Phi) is 6.32. The fourth-order valence-corrected chi connectivity index (χ4v) is 2.48. The number of hydrogen-bond donors (Lipinski definition) is 1. The predicted octanol–water partition coefficient (Wildman–Crippen LogP) is 4.70. The van der Waals surface area contributed by atoms with Gasteiger partial charge in [-0.15, -0.1) is 0 Å². The highest BCUT2D eigenvalue weighted by atomic mass is 79.9. The zero-order valence-corrected chi connectivity index (χ0v) is 15.1. The van der Waals surface area contributed by atoms with Gasteiger partial charge in [-0.2, -0.15) is 0 Å². The van der Waals surface area contributed by atoms with Crippen molar-refractivity contribution in [2.24, 2.45) is 0 Å². The van der Waals surface area contributed by atoms with Crippen molar-refractivity contribution < 1.29 is 14.3 Å². The number of nitrogens with one attached hydrogen (secondary N) is 1. The number of ketones is 1. The van der Waals surface area contributed by atoms with Gasteiger partial charge in [-0.25, -0.2) is 0 Å². The van der Waals surface area contributed by atoms with Crippen LogP contribution in [0.5, 0.6) is 5.75 Å². The Bertz CT molecular complexity index is 784. The summed E-state index contributed by atoms with van der Waals surface area (Å²) in [4.78, 5) is 23.8. The Hall–Kier alpha value is -2.40. The molecule has 0 spiro atoms. The summed E-state index contributed by atoms with van der Waals surface area (Å²) in [7, 11) is 1.59. The van der Waals surface area contributed by atoms with Crippen molar-refractivity contribution >= 4 is 39.4 Å². The van der Waals surface area contributed by atoms with Gasteiger partial charge in [0.1, 0.15) is 5.75 Å². The van der Waals surface area contributed by atoms with Crippen molar-refractivity contribution in [3.05, 3.63) is 64.1 Å². The van der Waals surface area contributed by atoms with Crippen molar-refractivity contribution in [3.63, 3.8) is 0 Å². The number of ether oxygens (including phenoxy) is 1. The molecule has 0 bridgehead atoms. The quantitative estimate of drug-likeness (QED) is 0.577. The molecule has 2 aromatic rings. The second kappa shape index (κ2) is 8.45. The van der Waals surface area contributed by atoms with Crippen LogP contribution in [-0.2, 0) is 4.79 Å². The van der Waals surface area contributed by atoms with Gasteiger partial charge < -0.3 is 10.1 Å². The zero-order chi connectivity index (χ0) is 17.5. The molecule has 0 atom stereocenters. The lowest BCUT2D eigenvalue weighted by molar-refractivity contribution is -0.115. The van der Waals surface area contributed by atoms with E-state index in [-0.39, 0.29) is 11.7 Å². The van der Waals surface area contributed by atoms with Gasteiger partial charge in [-0.3, -0.25) is 9.59 Å². The zero-order valence-electron chi connectivity index (χ0n) is 13.5. The maximum Gasteiger partial charge on any atom is 0.224 e. The largest absolute Gasteiger partial charge is 0.496 e. The molecule has 0 heterocycles. The number of carbonyl (C=O) groups excluding carboxylic acids is 2. The van der Waals surface area contributed by atoms with E-state index in [4.69, 9.17) is 4.74 Å². The predicted molar refractivity (Wildman–Crippen MR) is 99.4 cm³/mol. The average molecular weight is 388 g/mol. The molecular weight excluding hydrogens is 370 g/mol.